The van der Waals surface area contributed by atoms with Crippen LogP contribution in [0.4, 0.5) is 0 Å². The molecule has 1 nitrogen and oxygen atoms in total. The predicted octanol–water partition coefficient (Wildman–Crippen LogP) is 5.31. The monoisotopic (exact) mass is 303 g/mol. The molecule has 2 heteroatoms. The molecule has 0 aromatic carbocycles. The van der Waals surface area contributed by atoms with E-state index in [4.69, 9.17) is 0 Å². The van der Waals surface area contributed by atoms with E-state index in [-0.39, 0.29) is 0 Å². The van der Waals surface area contributed by atoms with Crippen LogP contribution in [0.25, 0.3) is 0 Å². The molecule has 4 bridgehead atoms. The van der Waals surface area contributed by atoms with Crippen molar-refractivity contribution in [3.8, 4) is 0 Å². The Labute approximate surface area is 133 Å². The van der Waals surface area contributed by atoms with Crippen LogP contribution in [0.15, 0.2) is 11.4 Å². The lowest BCUT2D eigenvalue weighted by molar-refractivity contribution is -0.0718. The molecule has 0 amide bonds. The third-order valence-electron chi connectivity index (χ3n) is 6.80. The molecule has 0 radical (unpaired) electrons. The SMILES string of the molecule is Cc1ccsc1C(C)NC(C)C12CC3CC(CC(C3)C1)C2. The van der Waals surface area contributed by atoms with E-state index in [9.17, 15) is 0 Å². The molecule has 1 heterocycles. The van der Waals surface area contributed by atoms with Gasteiger partial charge < -0.3 is 5.32 Å². The van der Waals surface area contributed by atoms with Crippen molar-refractivity contribution in [1.82, 2.24) is 5.32 Å². The van der Waals surface area contributed by atoms with E-state index in [0.717, 1.165) is 17.8 Å². The minimum absolute atomic E-state index is 0.507. The van der Waals surface area contributed by atoms with Crippen LogP contribution in [-0.4, -0.2) is 6.04 Å². The highest BCUT2D eigenvalue weighted by Crippen LogP contribution is 2.61. The molecule has 0 spiro atoms. The average Bonchev–Trinajstić information content (AvgIpc) is 2.83. The van der Waals surface area contributed by atoms with E-state index < -0.39 is 0 Å². The fourth-order valence-electron chi connectivity index (χ4n) is 6.16. The van der Waals surface area contributed by atoms with Crippen molar-refractivity contribution in [1.29, 1.82) is 0 Å². The number of aryl methyl sites for hydroxylation is 1. The van der Waals surface area contributed by atoms with E-state index in [1.54, 1.807) is 19.3 Å². The van der Waals surface area contributed by atoms with Crippen LogP contribution in [0.1, 0.15) is 68.9 Å². The van der Waals surface area contributed by atoms with Gasteiger partial charge in [0.1, 0.15) is 0 Å². The van der Waals surface area contributed by atoms with Gasteiger partial charge in [-0.2, -0.15) is 0 Å². The molecule has 0 aliphatic heterocycles. The quantitative estimate of drug-likeness (QED) is 0.794. The zero-order chi connectivity index (χ0) is 14.6. The second-order valence-electron chi connectivity index (χ2n) is 8.36. The first-order valence-electron chi connectivity index (χ1n) is 8.86. The predicted molar refractivity (Wildman–Crippen MR) is 90.7 cm³/mol. The Hall–Kier alpha value is -0.340. The second-order valence-corrected chi connectivity index (χ2v) is 9.31. The summed E-state index contributed by atoms with van der Waals surface area (Å²) in [7, 11) is 0. The van der Waals surface area contributed by atoms with Crippen molar-refractivity contribution in [3.63, 3.8) is 0 Å². The Morgan fingerprint density at radius 2 is 1.67 bits per heavy atom. The molecule has 0 saturated heterocycles. The minimum atomic E-state index is 0.507. The molecule has 2 atom stereocenters. The summed E-state index contributed by atoms with van der Waals surface area (Å²) in [5.74, 6) is 3.16. The summed E-state index contributed by atoms with van der Waals surface area (Å²) in [5.41, 5.74) is 2.08. The maximum absolute atomic E-state index is 3.99. The summed E-state index contributed by atoms with van der Waals surface area (Å²) in [5, 5.41) is 6.22. The number of thiophene rings is 1. The van der Waals surface area contributed by atoms with Crippen molar-refractivity contribution < 1.29 is 0 Å². The van der Waals surface area contributed by atoms with Gasteiger partial charge >= 0.3 is 0 Å². The molecule has 4 aliphatic carbocycles. The number of hydrogen-bond donors (Lipinski definition) is 1. The Kier molecular flexibility index (Phi) is 3.46. The summed E-state index contributed by atoms with van der Waals surface area (Å²) in [4.78, 5) is 1.53. The van der Waals surface area contributed by atoms with Gasteiger partial charge in [0.15, 0.2) is 0 Å². The van der Waals surface area contributed by atoms with Crippen LogP contribution in [0, 0.1) is 30.1 Å². The van der Waals surface area contributed by atoms with Crippen LogP contribution in [0.3, 0.4) is 0 Å². The van der Waals surface area contributed by atoms with Crippen molar-refractivity contribution >= 4 is 11.3 Å². The Morgan fingerprint density at radius 1 is 1.10 bits per heavy atom. The maximum atomic E-state index is 3.99. The molecular weight excluding hydrogens is 274 g/mol. The van der Waals surface area contributed by atoms with Gasteiger partial charge in [-0.3, -0.25) is 0 Å². The van der Waals surface area contributed by atoms with E-state index in [2.05, 4.69) is 37.5 Å². The third-order valence-corrected chi connectivity index (χ3v) is 8.00. The first-order chi connectivity index (χ1) is 10.1. The van der Waals surface area contributed by atoms with Crippen LogP contribution < -0.4 is 5.32 Å². The minimum Gasteiger partial charge on any atom is -0.306 e. The molecule has 4 aliphatic rings. The molecule has 1 aromatic rings. The van der Waals surface area contributed by atoms with Crippen molar-refractivity contribution in [3.05, 3.63) is 21.9 Å². The lowest BCUT2D eigenvalue weighted by Crippen LogP contribution is -2.55. The highest BCUT2D eigenvalue weighted by Gasteiger charge is 2.53. The van der Waals surface area contributed by atoms with Crippen molar-refractivity contribution in [2.45, 2.75) is 71.4 Å². The Balaban J connectivity index is 1.50. The molecule has 1 N–H and O–H groups in total. The van der Waals surface area contributed by atoms with Gasteiger partial charge in [0.25, 0.3) is 0 Å². The van der Waals surface area contributed by atoms with Gasteiger partial charge in [-0.15, -0.1) is 11.3 Å². The summed E-state index contributed by atoms with van der Waals surface area (Å²) in [6.45, 7) is 7.09. The zero-order valence-electron chi connectivity index (χ0n) is 13.7. The zero-order valence-corrected chi connectivity index (χ0v) is 14.5. The summed E-state index contributed by atoms with van der Waals surface area (Å²) >= 11 is 1.91. The highest BCUT2D eigenvalue weighted by molar-refractivity contribution is 7.10. The van der Waals surface area contributed by atoms with E-state index in [1.165, 1.54) is 29.7 Å². The molecule has 4 saturated carbocycles. The van der Waals surface area contributed by atoms with Gasteiger partial charge in [-0.1, -0.05) is 0 Å². The fourth-order valence-corrected chi connectivity index (χ4v) is 7.11. The lowest BCUT2D eigenvalue weighted by atomic mass is 9.48. The third kappa shape index (κ3) is 2.39. The molecule has 5 rings (SSSR count). The maximum Gasteiger partial charge on any atom is 0.0391 e. The van der Waals surface area contributed by atoms with Gasteiger partial charge in [0.05, 0.1) is 0 Å². The Morgan fingerprint density at radius 3 is 2.14 bits per heavy atom. The van der Waals surface area contributed by atoms with Crippen LogP contribution in [0.5, 0.6) is 0 Å². The molecule has 1 aromatic heterocycles. The number of rotatable bonds is 4. The van der Waals surface area contributed by atoms with E-state index >= 15 is 0 Å². The van der Waals surface area contributed by atoms with E-state index in [0.29, 0.717) is 17.5 Å². The molecule has 2 unspecified atom stereocenters. The average molecular weight is 304 g/mol. The Bertz CT molecular complexity index is 482. The summed E-state index contributed by atoms with van der Waals surface area (Å²) < 4.78 is 0. The molecule has 116 valence electrons. The molecule has 21 heavy (non-hydrogen) atoms. The fraction of sp³-hybridized carbons (Fsp3) is 0.789. The summed E-state index contributed by atoms with van der Waals surface area (Å²) in [6, 6.07) is 3.43. The largest absolute Gasteiger partial charge is 0.306 e. The molecular formula is C19H29NS. The van der Waals surface area contributed by atoms with Gasteiger partial charge in [0.2, 0.25) is 0 Å². The lowest BCUT2D eigenvalue weighted by Gasteiger charge is -2.59. The first kappa shape index (κ1) is 14.3. The topological polar surface area (TPSA) is 12.0 Å². The number of nitrogens with one attached hydrogen (secondary N) is 1. The summed E-state index contributed by atoms with van der Waals surface area (Å²) in [6.07, 6.45) is 9.15. The smallest absolute Gasteiger partial charge is 0.0391 e. The van der Waals surface area contributed by atoms with Crippen molar-refractivity contribution in [2.75, 3.05) is 0 Å². The van der Waals surface area contributed by atoms with Crippen LogP contribution >= 0.6 is 11.3 Å². The highest BCUT2D eigenvalue weighted by atomic mass is 32.1. The van der Waals surface area contributed by atoms with Crippen LogP contribution in [-0.2, 0) is 0 Å². The first-order valence-corrected chi connectivity index (χ1v) is 9.74. The van der Waals surface area contributed by atoms with E-state index in [1.807, 2.05) is 11.3 Å². The normalized spacial score (nSPS) is 40.4. The van der Waals surface area contributed by atoms with Gasteiger partial charge in [-0.05, 0) is 99.5 Å². The number of hydrogen-bond acceptors (Lipinski definition) is 2. The van der Waals surface area contributed by atoms with Gasteiger partial charge in [-0.25, -0.2) is 0 Å². The van der Waals surface area contributed by atoms with Crippen LogP contribution in [0.2, 0.25) is 0 Å². The van der Waals surface area contributed by atoms with Crippen molar-refractivity contribution in [2.24, 2.45) is 23.2 Å². The molecule has 4 fully saturated rings. The standard InChI is InChI=1S/C19H29NS/c1-12-4-5-21-18(12)13(2)20-14(3)19-9-15-6-16(10-19)8-17(7-15)11-19/h4-5,13-17,20H,6-11H2,1-3H3. The second kappa shape index (κ2) is 5.09. The van der Waals surface area contributed by atoms with Gasteiger partial charge in [0, 0.05) is 17.0 Å².